The number of hydrogen-bond donors (Lipinski definition) is 1. The second-order valence-electron chi connectivity index (χ2n) is 4.26. The van der Waals surface area contributed by atoms with Gasteiger partial charge in [0.2, 0.25) is 0 Å². The highest BCUT2D eigenvalue weighted by molar-refractivity contribution is 5.23. The molecule has 1 aliphatic carbocycles. The predicted octanol–water partition coefficient (Wildman–Crippen LogP) is 2.11. The molecular weight excluding hydrogens is 172 g/mol. The Labute approximate surface area is 85.7 Å². The smallest absolute Gasteiger partial charge is 0.0306 e. The molecule has 1 heterocycles. The van der Waals surface area contributed by atoms with Gasteiger partial charge in [-0.3, -0.25) is 4.98 Å². The highest BCUT2D eigenvalue weighted by Crippen LogP contribution is 2.40. The zero-order valence-electron chi connectivity index (χ0n) is 8.79. The summed E-state index contributed by atoms with van der Waals surface area (Å²) in [7, 11) is 2.04. The summed E-state index contributed by atoms with van der Waals surface area (Å²) in [6.45, 7) is 1.08. The molecular formula is C12H18N2. The third-order valence-electron chi connectivity index (χ3n) is 3.35. The molecule has 0 saturated heterocycles. The SMILES string of the molecule is CNCC1(c2cccnc2)CCCC1. The summed E-state index contributed by atoms with van der Waals surface area (Å²) in [5, 5.41) is 3.32. The van der Waals surface area contributed by atoms with Crippen LogP contribution in [0.3, 0.4) is 0 Å². The average Bonchev–Trinajstić information content (AvgIpc) is 2.70. The highest BCUT2D eigenvalue weighted by atomic mass is 14.8. The van der Waals surface area contributed by atoms with E-state index in [0.717, 1.165) is 6.54 Å². The summed E-state index contributed by atoms with van der Waals surface area (Å²) in [5.74, 6) is 0. The molecule has 1 aromatic rings. The Kier molecular flexibility index (Phi) is 2.82. The van der Waals surface area contributed by atoms with Gasteiger partial charge in [-0.2, -0.15) is 0 Å². The quantitative estimate of drug-likeness (QED) is 0.789. The first-order valence-electron chi connectivity index (χ1n) is 5.42. The molecule has 1 saturated carbocycles. The van der Waals surface area contributed by atoms with Crippen molar-refractivity contribution in [2.75, 3.05) is 13.6 Å². The third kappa shape index (κ3) is 1.67. The number of nitrogens with zero attached hydrogens (tertiary/aromatic N) is 1. The Morgan fingerprint density at radius 3 is 2.79 bits per heavy atom. The fourth-order valence-corrected chi connectivity index (χ4v) is 2.63. The molecule has 2 heteroatoms. The normalized spacial score (nSPS) is 19.8. The summed E-state index contributed by atoms with van der Waals surface area (Å²) < 4.78 is 0. The van der Waals surface area contributed by atoms with Crippen LogP contribution < -0.4 is 5.32 Å². The molecule has 0 atom stereocenters. The van der Waals surface area contributed by atoms with Crippen molar-refractivity contribution in [1.82, 2.24) is 10.3 Å². The van der Waals surface area contributed by atoms with Crippen LogP contribution in [0.2, 0.25) is 0 Å². The van der Waals surface area contributed by atoms with E-state index in [2.05, 4.69) is 16.4 Å². The van der Waals surface area contributed by atoms with E-state index in [1.165, 1.54) is 31.2 Å². The van der Waals surface area contributed by atoms with Crippen LogP contribution in [-0.2, 0) is 5.41 Å². The van der Waals surface area contributed by atoms with Crippen molar-refractivity contribution in [3.05, 3.63) is 30.1 Å². The molecule has 1 fully saturated rings. The van der Waals surface area contributed by atoms with Gasteiger partial charge in [0.1, 0.15) is 0 Å². The monoisotopic (exact) mass is 190 g/mol. The van der Waals surface area contributed by atoms with E-state index in [9.17, 15) is 0 Å². The van der Waals surface area contributed by atoms with Gasteiger partial charge in [-0.1, -0.05) is 18.9 Å². The van der Waals surface area contributed by atoms with Crippen molar-refractivity contribution >= 4 is 0 Å². The number of aromatic nitrogens is 1. The van der Waals surface area contributed by atoms with Crippen molar-refractivity contribution in [3.63, 3.8) is 0 Å². The lowest BCUT2D eigenvalue weighted by Gasteiger charge is -2.28. The molecule has 0 amide bonds. The zero-order chi connectivity index (χ0) is 9.86. The molecule has 76 valence electrons. The predicted molar refractivity (Wildman–Crippen MR) is 58.3 cm³/mol. The van der Waals surface area contributed by atoms with Crippen LogP contribution in [0.5, 0.6) is 0 Å². The van der Waals surface area contributed by atoms with Gasteiger partial charge >= 0.3 is 0 Å². The molecule has 0 radical (unpaired) electrons. The standard InChI is InChI=1S/C12H18N2/c1-13-10-12(6-2-3-7-12)11-5-4-8-14-9-11/h4-5,8-9,13H,2-3,6-7,10H2,1H3. The Hall–Kier alpha value is -0.890. The van der Waals surface area contributed by atoms with E-state index >= 15 is 0 Å². The Morgan fingerprint density at radius 2 is 2.21 bits per heavy atom. The van der Waals surface area contributed by atoms with E-state index in [1.54, 1.807) is 0 Å². The second kappa shape index (κ2) is 4.09. The largest absolute Gasteiger partial charge is 0.319 e. The third-order valence-corrected chi connectivity index (χ3v) is 3.35. The molecule has 1 aliphatic rings. The minimum absolute atomic E-state index is 0.364. The summed E-state index contributed by atoms with van der Waals surface area (Å²) in [5.41, 5.74) is 1.77. The molecule has 1 N–H and O–H groups in total. The lowest BCUT2D eigenvalue weighted by molar-refractivity contribution is 0.419. The van der Waals surface area contributed by atoms with Gasteiger partial charge in [0.25, 0.3) is 0 Å². The van der Waals surface area contributed by atoms with Crippen molar-refractivity contribution in [2.45, 2.75) is 31.1 Å². The molecule has 14 heavy (non-hydrogen) atoms. The maximum Gasteiger partial charge on any atom is 0.0306 e. The van der Waals surface area contributed by atoms with Crippen molar-refractivity contribution in [1.29, 1.82) is 0 Å². The van der Waals surface area contributed by atoms with E-state index in [-0.39, 0.29) is 0 Å². The molecule has 0 aliphatic heterocycles. The van der Waals surface area contributed by atoms with Crippen LogP contribution in [0.1, 0.15) is 31.2 Å². The van der Waals surface area contributed by atoms with Crippen molar-refractivity contribution in [2.24, 2.45) is 0 Å². The van der Waals surface area contributed by atoms with Crippen LogP contribution in [0.25, 0.3) is 0 Å². The Bertz CT molecular complexity index is 276. The van der Waals surface area contributed by atoms with E-state index in [1.807, 2.05) is 25.5 Å². The fraction of sp³-hybridized carbons (Fsp3) is 0.583. The minimum atomic E-state index is 0.364. The molecule has 2 rings (SSSR count). The van der Waals surface area contributed by atoms with E-state index in [0.29, 0.717) is 5.41 Å². The summed E-state index contributed by atoms with van der Waals surface area (Å²) >= 11 is 0. The molecule has 0 spiro atoms. The van der Waals surface area contributed by atoms with Crippen LogP contribution in [0, 0.1) is 0 Å². The maximum absolute atomic E-state index is 4.23. The topological polar surface area (TPSA) is 24.9 Å². The zero-order valence-corrected chi connectivity index (χ0v) is 8.79. The molecule has 0 bridgehead atoms. The van der Waals surface area contributed by atoms with Gasteiger partial charge in [0.15, 0.2) is 0 Å². The number of likely N-dealkylation sites (N-methyl/N-ethyl adjacent to an activating group) is 1. The van der Waals surface area contributed by atoms with Gasteiger partial charge < -0.3 is 5.32 Å². The average molecular weight is 190 g/mol. The van der Waals surface area contributed by atoms with Crippen LogP contribution in [-0.4, -0.2) is 18.6 Å². The summed E-state index contributed by atoms with van der Waals surface area (Å²) in [4.78, 5) is 4.23. The van der Waals surface area contributed by atoms with Gasteiger partial charge in [0, 0.05) is 24.4 Å². The Balaban J connectivity index is 2.27. The molecule has 1 aromatic heterocycles. The second-order valence-corrected chi connectivity index (χ2v) is 4.26. The van der Waals surface area contributed by atoms with Crippen molar-refractivity contribution in [3.8, 4) is 0 Å². The maximum atomic E-state index is 4.23. The van der Waals surface area contributed by atoms with E-state index < -0.39 is 0 Å². The first-order chi connectivity index (χ1) is 6.87. The highest BCUT2D eigenvalue weighted by Gasteiger charge is 2.34. The molecule has 0 unspecified atom stereocenters. The first kappa shape index (κ1) is 9.66. The summed E-state index contributed by atoms with van der Waals surface area (Å²) in [6, 6.07) is 4.26. The Morgan fingerprint density at radius 1 is 1.43 bits per heavy atom. The number of pyridine rings is 1. The fourth-order valence-electron chi connectivity index (χ4n) is 2.63. The van der Waals surface area contributed by atoms with Crippen LogP contribution >= 0.6 is 0 Å². The lowest BCUT2D eigenvalue weighted by atomic mass is 9.79. The summed E-state index contributed by atoms with van der Waals surface area (Å²) in [6.07, 6.45) is 9.21. The van der Waals surface area contributed by atoms with Gasteiger partial charge in [-0.05, 0) is 31.5 Å². The van der Waals surface area contributed by atoms with Gasteiger partial charge in [-0.25, -0.2) is 0 Å². The number of rotatable bonds is 3. The van der Waals surface area contributed by atoms with Crippen molar-refractivity contribution < 1.29 is 0 Å². The minimum Gasteiger partial charge on any atom is -0.319 e. The van der Waals surface area contributed by atoms with Crippen LogP contribution in [0.15, 0.2) is 24.5 Å². The first-order valence-corrected chi connectivity index (χ1v) is 5.42. The van der Waals surface area contributed by atoms with Gasteiger partial charge in [0.05, 0.1) is 0 Å². The van der Waals surface area contributed by atoms with E-state index in [4.69, 9.17) is 0 Å². The number of hydrogen-bond acceptors (Lipinski definition) is 2. The molecule has 0 aromatic carbocycles. The van der Waals surface area contributed by atoms with Crippen LogP contribution in [0.4, 0.5) is 0 Å². The number of nitrogens with one attached hydrogen (secondary N) is 1. The molecule has 2 nitrogen and oxygen atoms in total. The lowest BCUT2D eigenvalue weighted by Crippen LogP contribution is -2.34. The van der Waals surface area contributed by atoms with Gasteiger partial charge in [-0.15, -0.1) is 0 Å².